The maximum absolute atomic E-state index is 13.9. The number of likely N-dealkylation sites (N-methyl/N-ethyl adjacent to an activating group) is 1. The smallest absolute Gasteiger partial charge is 0.165 e. The maximum atomic E-state index is 13.9. The van der Waals surface area contributed by atoms with E-state index >= 15 is 0 Å². The zero-order chi connectivity index (χ0) is 14.8. The van der Waals surface area contributed by atoms with Crippen LogP contribution in [0.5, 0.6) is 5.75 Å². The molecule has 116 valence electrons. The van der Waals surface area contributed by atoms with Crippen LogP contribution in [0.25, 0.3) is 0 Å². The summed E-state index contributed by atoms with van der Waals surface area (Å²) in [6.07, 6.45) is 6.51. The summed E-state index contributed by atoms with van der Waals surface area (Å²) >= 11 is 0. The lowest BCUT2D eigenvalue weighted by Gasteiger charge is -2.19. The number of benzene rings is 1. The van der Waals surface area contributed by atoms with Crippen LogP contribution in [0, 0.1) is 23.6 Å². The van der Waals surface area contributed by atoms with Crippen LogP contribution >= 0.6 is 0 Å². The highest BCUT2D eigenvalue weighted by Gasteiger charge is 2.53. The van der Waals surface area contributed by atoms with E-state index in [1.165, 1.54) is 32.8 Å². The summed E-state index contributed by atoms with van der Waals surface area (Å²) in [5.41, 5.74) is 1.07. The number of rotatable bonds is 6. The molecule has 0 bridgehead atoms. The molecule has 0 spiro atoms. The van der Waals surface area contributed by atoms with E-state index in [4.69, 9.17) is 4.74 Å². The molecular weight excluding hydrogens is 265 g/mol. The first-order chi connectivity index (χ1) is 10.2. The van der Waals surface area contributed by atoms with Crippen molar-refractivity contribution in [3.8, 4) is 5.75 Å². The second-order valence-corrected chi connectivity index (χ2v) is 6.53. The predicted molar refractivity (Wildman–Crippen MR) is 83.1 cm³/mol. The highest BCUT2D eigenvalue weighted by molar-refractivity contribution is 5.30. The normalized spacial score (nSPS) is 28.8. The van der Waals surface area contributed by atoms with Crippen LogP contribution in [0.15, 0.2) is 18.2 Å². The van der Waals surface area contributed by atoms with Gasteiger partial charge in [-0.05, 0) is 61.3 Å². The van der Waals surface area contributed by atoms with Crippen molar-refractivity contribution < 1.29 is 9.13 Å². The number of nitrogens with one attached hydrogen (secondary N) is 1. The number of fused-ring (bicyclic) bond motifs is 1. The molecule has 2 saturated carbocycles. The molecule has 3 rings (SSSR count). The number of hydrogen-bond acceptors (Lipinski definition) is 2. The van der Waals surface area contributed by atoms with E-state index in [0.717, 1.165) is 36.3 Å². The molecule has 3 atom stereocenters. The third kappa shape index (κ3) is 3.08. The second-order valence-electron chi connectivity index (χ2n) is 6.53. The van der Waals surface area contributed by atoms with Gasteiger partial charge in [0.2, 0.25) is 0 Å². The van der Waals surface area contributed by atoms with Crippen LogP contribution in [-0.2, 0) is 6.42 Å². The van der Waals surface area contributed by atoms with Crippen molar-refractivity contribution in [1.82, 2.24) is 5.32 Å². The number of methoxy groups -OCH3 is 1. The SMILES string of the molecule is CCNC(Cc1ccc(OC)c(F)c1)C1C2CCCCC21. The Balaban J connectivity index is 1.69. The lowest BCUT2D eigenvalue weighted by Crippen LogP contribution is -2.34. The largest absolute Gasteiger partial charge is 0.494 e. The van der Waals surface area contributed by atoms with E-state index in [2.05, 4.69) is 12.2 Å². The van der Waals surface area contributed by atoms with Crippen LogP contribution in [-0.4, -0.2) is 19.7 Å². The second kappa shape index (κ2) is 6.35. The first kappa shape index (κ1) is 14.8. The molecule has 1 aromatic carbocycles. The Morgan fingerprint density at radius 3 is 2.57 bits per heavy atom. The summed E-state index contributed by atoms with van der Waals surface area (Å²) in [4.78, 5) is 0. The molecule has 21 heavy (non-hydrogen) atoms. The third-order valence-electron chi connectivity index (χ3n) is 5.33. The molecular formula is C18H26FNO. The van der Waals surface area contributed by atoms with Crippen molar-refractivity contribution in [2.45, 2.75) is 45.1 Å². The standard InChI is InChI=1S/C18H26FNO/c1-3-20-16(18-13-6-4-5-7-14(13)18)11-12-8-9-17(21-2)15(19)10-12/h8-10,13-14,16,18,20H,3-7,11H2,1-2H3. The Labute approximate surface area is 127 Å². The van der Waals surface area contributed by atoms with E-state index in [9.17, 15) is 4.39 Å². The molecule has 3 heteroatoms. The average molecular weight is 291 g/mol. The zero-order valence-electron chi connectivity index (χ0n) is 13.1. The Morgan fingerprint density at radius 2 is 2.00 bits per heavy atom. The van der Waals surface area contributed by atoms with Gasteiger partial charge in [-0.1, -0.05) is 25.8 Å². The molecule has 0 aliphatic heterocycles. The summed E-state index contributed by atoms with van der Waals surface area (Å²) in [7, 11) is 1.51. The van der Waals surface area contributed by atoms with Crippen molar-refractivity contribution >= 4 is 0 Å². The highest BCUT2D eigenvalue weighted by Crippen LogP contribution is 2.57. The van der Waals surface area contributed by atoms with Crippen molar-refractivity contribution in [3.63, 3.8) is 0 Å². The van der Waals surface area contributed by atoms with Crippen molar-refractivity contribution in [2.24, 2.45) is 17.8 Å². The molecule has 0 heterocycles. The van der Waals surface area contributed by atoms with Gasteiger partial charge in [-0.2, -0.15) is 0 Å². The van der Waals surface area contributed by atoms with E-state index in [1.807, 2.05) is 6.07 Å². The Bertz CT molecular complexity index is 478. The average Bonchev–Trinajstić information content (AvgIpc) is 3.21. The van der Waals surface area contributed by atoms with Crippen LogP contribution in [0.3, 0.4) is 0 Å². The molecule has 1 N–H and O–H groups in total. The third-order valence-corrected chi connectivity index (χ3v) is 5.33. The predicted octanol–water partition coefficient (Wildman–Crippen LogP) is 3.79. The van der Waals surface area contributed by atoms with Gasteiger partial charge in [-0.15, -0.1) is 0 Å². The lowest BCUT2D eigenvalue weighted by molar-refractivity contribution is 0.385. The van der Waals surface area contributed by atoms with Crippen LogP contribution in [0.1, 0.15) is 38.2 Å². The Kier molecular flexibility index (Phi) is 4.48. The Hall–Kier alpha value is -1.09. The fourth-order valence-electron chi connectivity index (χ4n) is 4.34. The van der Waals surface area contributed by atoms with Gasteiger partial charge >= 0.3 is 0 Å². The quantitative estimate of drug-likeness (QED) is 0.861. The number of hydrogen-bond donors (Lipinski definition) is 1. The van der Waals surface area contributed by atoms with E-state index < -0.39 is 0 Å². The minimum atomic E-state index is -0.251. The topological polar surface area (TPSA) is 21.3 Å². The van der Waals surface area contributed by atoms with Gasteiger partial charge in [0.25, 0.3) is 0 Å². The number of halogens is 1. The molecule has 1 aromatic rings. The highest BCUT2D eigenvalue weighted by atomic mass is 19.1. The van der Waals surface area contributed by atoms with Gasteiger partial charge in [0.05, 0.1) is 7.11 Å². The van der Waals surface area contributed by atoms with Gasteiger partial charge in [0.15, 0.2) is 11.6 Å². The molecule has 0 saturated heterocycles. The summed E-state index contributed by atoms with van der Waals surface area (Å²) in [6, 6.07) is 5.87. The summed E-state index contributed by atoms with van der Waals surface area (Å²) in [6.45, 7) is 3.15. The van der Waals surface area contributed by atoms with Gasteiger partial charge < -0.3 is 10.1 Å². The first-order valence-electron chi connectivity index (χ1n) is 8.30. The Morgan fingerprint density at radius 1 is 1.29 bits per heavy atom. The first-order valence-corrected chi connectivity index (χ1v) is 8.30. The van der Waals surface area contributed by atoms with Crippen LogP contribution in [0.4, 0.5) is 4.39 Å². The fourth-order valence-corrected chi connectivity index (χ4v) is 4.34. The van der Waals surface area contributed by atoms with Crippen molar-refractivity contribution in [3.05, 3.63) is 29.6 Å². The lowest BCUT2D eigenvalue weighted by atomic mass is 9.99. The molecule has 2 fully saturated rings. The van der Waals surface area contributed by atoms with Gasteiger partial charge in [-0.3, -0.25) is 0 Å². The molecule has 0 aromatic heterocycles. The van der Waals surface area contributed by atoms with E-state index in [1.54, 1.807) is 12.1 Å². The van der Waals surface area contributed by atoms with E-state index in [0.29, 0.717) is 11.8 Å². The molecule has 3 unspecified atom stereocenters. The molecule has 2 aliphatic carbocycles. The minimum Gasteiger partial charge on any atom is -0.494 e. The van der Waals surface area contributed by atoms with Crippen LogP contribution < -0.4 is 10.1 Å². The fraction of sp³-hybridized carbons (Fsp3) is 0.667. The molecule has 0 radical (unpaired) electrons. The summed E-state index contributed by atoms with van der Waals surface area (Å²) in [5.74, 6) is 2.73. The van der Waals surface area contributed by atoms with Crippen molar-refractivity contribution in [1.29, 1.82) is 0 Å². The maximum Gasteiger partial charge on any atom is 0.165 e. The zero-order valence-corrected chi connectivity index (χ0v) is 13.1. The minimum absolute atomic E-state index is 0.251. The van der Waals surface area contributed by atoms with Crippen molar-refractivity contribution in [2.75, 3.05) is 13.7 Å². The summed E-state index contributed by atoms with van der Waals surface area (Å²) in [5, 5.41) is 3.64. The van der Waals surface area contributed by atoms with Gasteiger partial charge in [0, 0.05) is 6.04 Å². The molecule has 2 aliphatic rings. The molecule has 0 amide bonds. The van der Waals surface area contributed by atoms with E-state index in [-0.39, 0.29) is 5.82 Å². The van der Waals surface area contributed by atoms with Crippen LogP contribution in [0.2, 0.25) is 0 Å². The van der Waals surface area contributed by atoms with Gasteiger partial charge in [0.1, 0.15) is 0 Å². The van der Waals surface area contributed by atoms with Gasteiger partial charge in [-0.25, -0.2) is 4.39 Å². The summed E-state index contributed by atoms with van der Waals surface area (Å²) < 4.78 is 18.9. The monoisotopic (exact) mass is 291 g/mol. The molecule has 2 nitrogen and oxygen atoms in total. The number of ether oxygens (including phenoxy) is 1.